The molecular weight excluding hydrogens is 422 g/mol. The Balaban J connectivity index is 1.29. The van der Waals surface area contributed by atoms with Gasteiger partial charge in [-0.1, -0.05) is 24.8 Å². The maximum Gasteiger partial charge on any atom is 0.415 e. The van der Waals surface area contributed by atoms with E-state index in [0.29, 0.717) is 54.7 Å². The van der Waals surface area contributed by atoms with Crippen molar-refractivity contribution in [2.45, 2.75) is 25.9 Å². The fourth-order valence-corrected chi connectivity index (χ4v) is 3.32. The molecular formula is C24H25N5O4. The number of nitrogens with zero attached hydrogens (tertiary/aromatic N) is 4. The lowest BCUT2D eigenvalue weighted by molar-refractivity contribution is 0.0894. The highest BCUT2D eigenvalue weighted by Gasteiger charge is 2.26. The molecule has 33 heavy (non-hydrogen) atoms. The van der Waals surface area contributed by atoms with E-state index in [1.807, 2.05) is 37.3 Å². The normalized spacial score (nSPS) is 13.8. The summed E-state index contributed by atoms with van der Waals surface area (Å²) in [6.07, 6.45) is 5.66. The fraction of sp³-hybridized carbons (Fsp3) is 0.250. The summed E-state index contributed by atoms with van der Waals surface area (Å²) in [6, 6.07) is 12.7. The van der Waals surface area contributed by atoms with Crippen LogP contribution in [0.3, 0.4) is 0 Å². The number of benzene rings is 1. The summed E-state index contributed by atoms with van der Waals surface area (Å²) in [6.45, 7) is 6.84. The molecule has 1 fully saturated rings. The van der Waals surface area contributed by atoms with Crippen molar-refractivity contribution in [3.8, 4) is 17.5 Å². The van der Waals surface area contributed by atoms with E-state index in [9.17, 15) is 4.79 Å². The second-order valence-electron chi connectivity index (χ2n) is 7.52. The molecule has 0 bridgehead atoms. The van der Waals surface area contributed by atoms with Crippen molar-refractivity contribution in [1.82, 2.24) is 25.3 Å². The quantitative estimate of drug-likeness (QED) is 0.547. The van der Waals surface area contributed by atoms with Crippen molar-refractivity contribution >= 4 is 11.8 Å². The number of piperidine rings is 1. The predicted molar refractivity (Wildman–Crippen MR) is 121 cm³/mol. The standard InChI is InChI=1S/C24H25N5O4/c1-17-22(26-16-27-23(17)33-28-18(2)19-7-6-12-25-15-19)31-21-10-13-29(14-11-21)24(30)32-20-8-4-3-5-9-20/h3-9,12,15-16,21,28H,2,10-11,13-14H2,1H3. The molecule has 1 aromatic carbocycles. The van der Waals surface area contributed by atoms with Crippen LogP contribution in [-0.2, 0) is 0 Å². The molecule has 3 aromatic rings. The van der Waals surface area contributed by atoms with Gasteiger partial charge in [-0.25, -0.2) is 15.3 Å². The van der Waals surface area contributed by atoms with Gasteiger partial charge in [-0.3, -0.25) is 4.98 Å². The van der Waals surface area contributed by atoms with Crippen LogP contribution < -0.4 is 19.8 Å². The summed E-state index contributed by atoms with van der Waals surface area (Å²) in [5, 5.41) is 0. The Morgan fingerprint density at radius 2 is 1.85 bits per heavy atom. The van der Waals surface area contributed by atoms with Crippen molar-refractivity contribution < 1.29 is 19.1 Å². The molecule has 1 aliphatic heterocycles. The van der Waals surface area contributed by atoms with Crippen LogP contribution in [0, 0.1) is 6.92 Å². The number of nitrogens with one attached hydrogen (secondary N) is 1. The topological polar surface area (TPSA) is 98.7 Å². The third-order valence-electron chi connectivity index (χ3n) is 5.20. The van der Waals surface area contributed by atoms with E-state index in [2.05, 4.69) is 27.0 Å². The Bertz CT molecular complexity index is 1090. The summed E-state index contributed by atoms with van der Waals surface area (Å²) in [7, 11) is 0. The third kappa shape index (κ3) is 5.76. The monoisotopic (exact) mass is 447 g/mol. The smallest absolute Gasteiger partial charge is 0.415 e. The molecule has 1 N–H and O–H groups in total. The van der Waals surface area contributed by atoms with E-state index in [-0.39, 0.29) is 12.2 Å². The Hall–Kier alpha value is -4.14. The zero-order valence-electron chi connectivity index (χ0n) is 18.3. The molecule has 9 nitrogen and oxygen atoms in total. The molecule has 1 aliphatic rings. The van der Waals surface area contributed by atoms with Gasteiger partial charge >= 0.3 is 6.09 Å². The van der Waals surface area contributed by atoms with E-state index >= 15 is 0 Å². The van der Waals surface area contributed by atoms with Gasteiger partial charge < -0.3 is 19.2 Å². The minimum atomic E-state index is -0.353. The number of hydrogen-bond acceptors (Lipinski definition) is 8. The lowest BCUT2D eigenvalue weighted by Gasteiger charge is -2.31. The van der Waals surface area contributed by atoms with Gasteiger partial charge in [0.1, 0.15) is 18.2 Å². The number of para-hydroxylation sites is 1. The van der Waals surface area contributed by atoms with Crippen LogP contribution in [0.4, 0.5) is 4.79 Å². The third-order valence-corrected chi connectivity index (χ3v) is 5.20. The van der Waals surface area contributed by atoms with Crippen LogP contribution in [-0.4, -0.2) is 45.1 Å². The Labute approximate surface area is 192 Å². The van der Waals surface area contributed by atoms with Crippen LogP contribution in [0.15, 0.2) is 67.8 Å². The molecule has 0 saturated carbocycles. The number of hydroxylamine groups is 1. The minimum Gasteiger partial charge on any atom is -0.474 e. The SMILES string of the molecule is C=C(NOc1ncnc(OC2CCN(C(=O)Oc3ccccc3)CC2)c1C)c1cccnc1. The Kier molecular flexibility index (Phi) is 6.99. The van der Waals surface area contributed by atoms with Crippen molar-refractivity contribution in [3.63, 3.8) is 0 Å². The van der Waals surface area contributed by atoms with Gasteiger partial charge in [-0.05, 0) is 31.2 Å². The number of pyridine rings is 1. The van der Waals surface area contributed by atoms with Gasteiger partial charge in [0, 0.05) is 43.9 Å². The predicted octanol–water partition coefficient (Wildman–Crippen LogP) is 3.78. The van der Waals surface area contributed by atoms with E-state index in [4.69, 9.17) is 14.3 Å². The Morgan fingerprint density at radius 3 is 2.58 bits per heavy atom. The van der Waals surface area contributed by atoms with E-state index < -0.39 is 0 Å². The van der Waals surface area contributed by atoms with Gasteiger partial charge in [-0.2, -0.15) is 4.98 Å². The van der Waals surface area contributed by atoms with Crippen LogP contribution in [0.2, 0.25) is 0 Å². The highest BCUT2D eigenvalue weighted by molar-refractivity contribution is 5.70. The molecule has 3 heterocycles. The summed E-state index contributed by atoms with van der Waals surface area (Å²) < 4.78 is 11.5. The maximum absolute atomic E-state index is 12.4. The highest BCUT2D eigenvalue weighted by atomic mass is 16.7. The maximum atomic E-state index is 12.4. The minimum absolute atomic E-state index is 0.0782. The number of rotatable bonds is 7. The number of hydrogen-bond donors (Lipinski definition) is 1. The summed E-state index contributed by atoms with van der Waals surface area (Å²) in [5.41, 5.74) is 4.81. The molecule has 1 amide bonds. The number of likely N-dealkylation sites (tertiary alicyclic amines) is 1. The fourth-order valence-electron chi connectivity index (χ4n) is 3.32. The molecule has 4 rings (SSSR count). The molecule has 170 valence electrons. The Morgan fingerprint density at radius 1 is 1.09 bits per heavy atom. The number of carbonyl (C=O) groups is 1. The van der Waals surface area contributed by atoms with Gasteiger partial charge in [0.2, 0.25) is 5.88 Å². The summed E-state index contributed by atoms with van der Waals surface area (Å²) >= 11 is 0. The van der Waals surface area contributed by atoms with Crippen molar-refractivity contribution in [3.05, 3.63) is 78.9 Å². The van der Waals surface area contributed by atoms with Crippen LogP contribution in [0.5, 0.6) is 17.5 Å². The van der Waals surface area contributed by atoms with Crippen LogP contribution in [0.25, 0.3) is 5.70 Å². The molecule has 0 unspecified atom stereocenters. The van der Waals surface area contributed by atoms with Crippen LogP contribution >= 0.6 is 0 Å². The molecule has 0 spiro atoms. The van der Waals surface area contributed by atoms with Gasteiger partial charge in [-0.15, -0.1) is 0 Å². The summed E-state index contributed by atoms with van der Waals surface area (Å²) in [5.74, 6) is 1.32. The zero-order chi connectivity index (χ0) is 23.0. The first-order chi connectivity index (χ1) is 16.1. The van der Waals surface area contributed by atoms with Gasteiger partial charge in [0.25, 0.3) is 5.88 Å². The van der Waals surface area contributed by atoms with Crippen molar-refractivity contribution in [1.29, 1.82) is 0 Å². The molecule has 1 saturated heterocycles. The zero-order valence-corrected chi connectivity index (χ0v) is 18.3. The average Bonchev–Trinajstić information content (AvgIpc) is 2.86. The largest absolute Gasteiger partial charge is 0.474 e. The van der Waals surface area contributed by atoms with Crippen molar-refractivity contribution in [2.24, 2.45) is 0 Å². The summed E-state index contributed by atoms with van der Waals surface area (Å²) in [4.78, 5) is 32.1. The van der Waals surface area contributed by atoms with Crippen LogP contribution in [0.1, 0.15) is 24.0 Å². The van der Waals surface area contributed by atoms with E-state index in [1.165, 1.54) is 6.33 Å². The molecule has 0 atom stereocenters. The lowest BCUT2D eigenvalue weighted by Crippen LogP contribution is -2.43. The first kappa shape index (κ1) is 22.1. The first-order valence-electron chi connectivity index (χ1n) is 10.6. The number of ether oxygens (including phenoxy) is 2. The van der Waals surface area contributed by atoms with Gasteiger partial charge in [0.15, 0.2) is 0 Å². The number of amides is 1. The van der Waals surface area contributed by atoms with E-state index in [1.54, 1.807) is 29.4 Å². The molecule has 2 aromatic heterocycles. The first-order valence-corrected chi connectivity index (χ1v) is 10.6. The number of carbonyl (C=O) groups excluding carboxylic acids is 1. The average molecular weight is 447 g/mol. The molecule has 0 radical (unpaired) electrons. The van der Waals surface area contributed by atoms with E-state index in [0.717, 1.165) is 5.56 Å². The second-order valence-corrected chi connectivity index (χ2v) is 7.52. The van der Waals surface area contributed by atoms with Gasteiger partial charge in [0.05, 0.1) is 11.3 Å². The second kappa shape index (κ2) is 10.4. The van der Waals surface area contributed by atoms with Crippen molar-refractivity contribution in [2.75, 3.05) is 13.1 Å². The highest BCUT2D eigenvalue weighted by Crippen LogP contribution is 2.26. The number of aromatic nitrogens is 3. The molecule has 0 aliphatic carbocycles. The lowest BCUT2D eigenvalue weighted by atomic mass is 10.1. The molecule has 9 heteroatoms.